The Morgan fingerprint density at radius 1 is 1.07 bits per heavy atom. The highest BCUT2D eigenvalue weighted by Gasteiger charge is 2.34. The third kappa shape index (κ3) is 4.47. The van der Waals surface area contributed by atoms with Crippen LogP contribution in [0.25, 0.3) is 0 Å². The van der Waals surface area contributed by atoms with Crippen molar-refractivity contribution in [2.75, 3.05) is 13.2 Å². The molecule has 1 aromatic rings. The summed E-state index contributed by atoms with van der Waals surface area (Å²) in [7, 11) is -2.18. The van der Waals surface area contributed by atoms with Gasteiger partial charge in [-0.15, -0.1) is 0 Å². The summed E-state index contributed by atoms with van der Waals surface area (Å²) in [5, 5.41) is 0. The van der Waals surface area contributed by atoms with Gasteiger partial charge in [-0.1, -0.05) is 45.6 Å². The largest absolute Gasteiger partial charge is 0.418 e. The first-order valence-electron chi connectivity index (χ1n) is 5.21. The summed E-state index contributed by atoms with van der Waals surface area (Å²) >= 11 is 3.64. The maximum atomic E-state index is 5.71. The smallest absolute Gasteiger partial charge is 0.386 e. The molecule has 84 valence electrons. The van der Waals surface area contributed by atoms with Gasteiger partial charge in [0.25, 0.3) is 0 Å². The van der Waals surface area contributed by atoms with Gasteiger partial charge in [0.05, 0.1) is 0 Å². The van der Waals surface area contributed by atoms with Gasteiger partial charge in [-0.25, -0.2) is 0 Å². The molecule has 4 heteroatoms. The molecule has 0 amide bonds. The van der Waals surface area contributed by atoms with Crippen molar-refractivity contribution in [3.8, 4) is 0 Å². The minimum atomic E-state index is -2.18. The molecule has 0 heterocycles. The van der Waals surface area contributed by atoms with Crippen molar-refractivity contribution in [3.05, 3.63) is 35.9 Å². The topological polar surface area (TPSA) is 18.5 Å². The predicted molar refractivity (Wildman–Crippen MR) is 68.1 cm³/mol. The normalized spacial score (nSPS) is 11.7. The van der Waals surface area contributed by atoms with Crippen LogP contribution in [0.3, 0.4) is 0 Å². The van der Waals surface area contributed by atoms with E-state index in [1.165, 1.54) is 5.56 Å². The lowest BCUT2D eigenvalue weighted by Gasteiger charge is -2.23. The highest BCUT2D eigenvalue weighted by molar-refractivity contribution is 9.25. The van der Waals surface area contributed by atoms with Crippen LogP contribution in [0.2, 0.25) is 0 Å². The Morgan fingerprint density at radius 2 is 1.60 bits per heavy atom. The molecule has 0 N–H and O–H groups in total. The fourth-order valence-electron chi connectivity index (χ4n) is 1.41. The average Bonchev–Trinajstić information content (AvgIpc) is 2.19. The van der Waals surface area contributed by atoms with Crippen LogP contribution in [-0.4, -0.2) is 20.4 Å². The number of benzene rings is 1. The Bertz CT molecular complexity index is 273. The summed E-state index contributed by atoms with van der Waals surface area (Å²) in [5.41, 5.74) is 1.25. The molecule has 0 aliphatic rings. The molecule has 0 atom stereocenters. The van der Waals surface area contributed by atoms with Crippen LogP contribution < -0.4 is 0 Å². The van der Waals surface area contributed by atoms with Crippen molar-refractivity contribution >= 4 is 22.5 Å². The van der Waals surface area contributed by atoms with Gasteiger partial charge in [0.2, 0.25) is 0 Å². The lowest BCUT2D eigenvalue weighted by atomic mass is 10.2. The second kappa shape index (κ2) is 6.43. The quantitative estimate of drug-likeness (QED) is 0.591. The van der Waals surface area contributed by atoms with E-state index >= 15 is 0 Å². The van der Waals surface area contributed by atoms with Crippen molar-refractivity contribution in [1.82, 2.24) is 0 Å². The maximum Gasteiger partial charge on any atom is 0.418 e. The van der Waals surface area contributed by atoms with Crippen molar-refractivity contribution in [2.45, 2.75) is 19.9 Å². The Labute approximate surface area is 100 Å². The first kappa shape index (κ1) is 12.9. The molecule has 0 spiro atoms. The van der Waals surface area contributed by atoms with E-state index in [2.05, 4.69) is 27.4 Å². The zero-order chi connectivity index (χ0) is 11.1. The van der Waals surface area contributed by atoms with E-state index in [9.17, 15) is 0 Å². The molecule has 15 heavy (non-hydrogen) atoms. The summed E-state index contributed by atoms with van der Waals surface area (Å²) in [6.45, 7) is 5.36. The minimum absolute atomic E-state index is 0.685. The SMILES string of the molecule is CCO[Si](Br)(Cc1ccccc1)OCC. The van der Waals surface area contributed by atoms with Gasteiger partial charge in [0, 0.05) is 19.3 Å². The Balaban J connectivity index is 2.66. The third-order valence-electron chi connectivity index (χ3n) is 1.98. The van der Waals surface area contributed by atoms with E-state index in [1.54, 1.807) is 0 Å². The first-order valence-corrected chi connectivity index (χ1v) is 9.49. The fourth-order valence-corrected chi connectivity index (χ4v) is 5.63. The van der Waals surface area contributed by atoms with E-state index < -0.39 is 7.18 Å². The lowest BCUT2D eigenvalue weighted by Crippen LogP contribution is -2.38. The fraction of sp³-hybridized carbons (Fsp3) is 0.455. The van der Waals surface area contributed by atoms with Crippen molar-refractivity contribution in [3.63, 3.8) is 0 Å². The molecule has 0 aliphatic heterocycles. The molecule has 0 saturated carbocycles. The first-order chi connectivity index (χ1) is 7.20. The van der Waals surface area contributed by atoms with E-state index in [1.807, 2.05) is 32.0 Å². The average molecular weight is 289 g/mol. The third-order valence-corrected chi connectivity index (χ3v) is 6.46. The number of hydrogen-bond acceptors (Lipinski definition) is 2. The molecule has 0 unspecified atom stereocenters. The van der Waals surface area contributed by atoms with Crippen LogP contribution in [0.4, 0.5) is 0 Å². The number of rotatable bonds is 6. The summed E-state index contributed by atoms with van der Waals surface area (Å²) in [6.07, 6.45) is 0. The molecule has 0 fully saturated rings. The second-order valence-electron chi connectivity index (χ2n) is 3.19. The number of hydrogen-bond donors (Lipinski definition) is 0. The minimum Gasteiger partial charge on any atom is -0.386 e. The monoisotopic (exact) mass is 288 g/mol. The van der Waals surface area contributed by atoms with Crippen molar-refractivity contribution in [2.24, 2.45) is 0 Å². The van der Waals surface area contributed by atoms with E-state index in [0.29, 0.717) is 13.2 Å². The van der Waals surface area contributed by atoms with Crippen molar-refractivity contribution in [1.29, 1.82) is 0 Å². The van der Waals surface area contributed by atoms with Gasteiger partial charge in [-0.3, -0.25) is 0 Å². The summed E-state index contributed by atoms with van der Waals surface area (Å²) in [5.74, 6) is 0. The Hall–Kier alpha value is -0.163. The van der Waals surface area contributed by atoms with Crippen LogP contribution >= 0.6 is 15.3 Å². The summed E-state index contributed by atoms with van der Waals surface area (Å²) in [4.78, 5) is 0. The van der Waals surface area contributed by atoms with Gasteiger partial charge in [-0.05, 0) is 19.4 Å². The van der Waals surface area contributed by atoms with Gasteiger partial charge in [-0.2, -0.15) is 0 Å². The highest BCUT2D eigenvalue weighted by atomic mass is 79.9. The summed E-state index contributed by atoms with van der Waals surface area (Å²) < 4.78 is 11.4. The number of halogens is 1. The standard InChI is InChI=1S/C11H17BrO2Si/c1-3-13-15(12,14-4-2)10-11-8-6-5-7-9-11/h5-9H,3-4,10H2,1-2H3. The van der Waals surface area contributed by atoms with Crippen LogP contribution in [0.1, 0.15) is 19.4 Å². The molecular formula is C11H17BrO2Si. The van der Waals surface area contributed by atoms with Crippen LogP contribution in [0.15, 0.2) is 30.3 Å². The predicted octanol–water partition coefficient (Wildman–Crippen LogP) is 3.18. The van der Waals surface area contributed by atoms with E-state index in [0.717, 1.165) is 6.04 Å². The van der Waals surface area contributed by atoms with Crippen LogP contribution in [0.5, 0.6) is 0 Å². The van der Waals surface area contributed by atoms with Gasteiger partial charge >= 0.3 is 7.18 Å². The molecule has 0 radical (unpaired) electrons. The molecule has 0 bridgehead atoms. The Morgan fingerprint density at radius 3 is 2.07 bits per heavy atom. The van der Waals surface area contributed by atoms with E-state index in [-0.39, 0.29) is 0 Å². The van der Waals surface area contributed by atoms with Crippen LogP contribution in [-0.2, 0) is 14.9 Å². The zero-order valence-electron chi connectivity index (χ0n) is 9.20. The summed E-state index contributed by atoms with van der Waals surface area (Å²) in [6, 6.07) is 11.1. The van der Waals surface area contributed by atoms with Gasteiger partial charge in [0.15, 0.2) is 0 Å². The zero-order valence-corrected chi connectivity index (χ0v) is 11.8. The van der Waals surface area contributed by atoms with Gasteiger partial charge in [0.1, 0.15) is 0 Å². The molecular weight excluding hydrogens is 272 g/mol. The molecule has 1 rings (SSSR count). The molecule has 0 saturated heterocycles. The van der Waals surface area contributed by atoms with Crippen LogP contribution in [0, 0.1) is 0 Å². The molecule has 1 aromatic carbocycles. The molecule has 2 nitrogen and oxygen atoms in total. The highest BCUT2D eigenvalue weighted by Crippen LogP contribution is 2.21. The van der Waals surface area contributed by atoms with Crippen molar-refractivity contribution < 1.29 is 8.85 Å². The molecule has 0 aromatic heterocycles. The second-order valence-corrected chi connectivity index (χ2v) is 9.06. The Kier molecular flexibility index (Phi) is 5.53. The maximum absolute atomic E-state index is 5.71. The van der Waals surface area contributed by atoms with Gasteiger partial charge < -0.3 is 8.85 Å². The lowest BCUT2D eigenvalue weighted by molar-refractivity contribution is 0.206. The van der Waals surface area contributed by atoms with E-state index in [4.69, 9.17) is 8.85 Å². The molecule has 0 aliphatic carbocycles.